The Morgan fingerprint density at radius 2 is 2.11 bits per heavy atom. The second-order valence-electron chi connectivity index (χ2n) is 5.12. The van der Waals surface area contributed by atoms with Gasteiger partial charge in [0.05, 0.1) is 6.42 Å². The first-order valence-electron chi connectivity index (χ1n) is 6.18. The van der Waals surface area contributed by atoms with E-state index < -0.39 is 16.2 Å². The predicted molar refractivity (Wildman–Crippen MR) is 68.3 cm³/mol. The van der Waals surface area contributed by atoms with Crippen molar-refractivity contribution >= 4 is 16.2 Å². The van der Waals surface area contributed by atoms with Gasteiger partial charge in [0, 0.05) is 26.7 Å². The summed E-state index contributed by atoms with van der Waals surface area (Å²) in [6.07, 6.45) is 0.709. The van der Waals surface area contributed by atoms with Crippen molar-refractivity contribution in [1.82, 2.24) is 8.61 Å². The smallest absolute Gasteiger partial charge is 0.304 e. The Bertz CT molecular complexity index is 394. The van der Waals surface area contributed by atoms with Crippen molar-refractivity contribution in [3.8, 4) is 0 Å². The maximum atomic E-state index is 12.2. The monoisotopic (exact) mass is 278 g/mol. The molecule has 0 aliphatic carbocycles. The van der Waals surface area contributed by atoms with Gasteiger partial charge in [-0.3, -0.25) is 4.79 Å². The molecule has 6 nitrogen and oxygen atoms in total. The topological polar surface area (TPSA) is 77.9 Å². The van der Waals surface area contributed by atoms with Gasteiger partial charge in [0.1, 0.15) is 0 Å². The SMILES string of the molecule is CC(C)C1CCN(S(=O)(=O)N(C)CCC(=O)O)C1. The van der Waals surface area contributed by atoms with Crippen LogP contribution in [0.1, 0.15) is 26.7 Å². The molecule has 1 aliphatic rings. The van der Waals surface area contributed by atoms with E-state index in [9.17, 15) is 13.2 Å². The van der Waals surface area contributed by atoms with Gasteiger partial charge in [-0.05, 0) is 18.3 Å². The van der Waals surface area contributed by atoms with Gasteiger partial charge in [0.15, 0.2) is 0 Å². The summed E-state index contributed by atoms with van der Waals surface area (Å²) in [7, 11) is -2.07. The van der Waals surface area contributed by atoms with Crippen LogP contribution >= 0.6 is 0 Å². The van der Waals surface area contributed by atoms with Gasteiger partial charge in [-0.1, -0.05) is 13.8 Å². The molecule has 0 aromatic carbocycles. The zero-order chi connectivity index (χ0) is 13.9. The number of carboxylic acids is 1. The highest BCUT2D eigenvalue weighted by Gasteiger charge is 2.34. The van der Waals surface area contributed by atoms with Crippen LogP contribution in [0.5, 0.6) is 0 Å². The molecule has 1 fully saturated rings. The lowest BCUT2D eigenvalue weighted by Gasteiger charge is -2.24. The number of rotatable bonds is 6. The number of nitrogens with zero attached hydrogens (tertiary/aromatic N) is 2. The third-order valence-electron chi connectivity index (χ3n) is 3.49. The summed E-state index contributed by atoms with van der Waals surface area (Å²) in [6, 6.07) is 0. The Kier molecular flexibility index (Phi) is 5.12. The molecule has 1 unspecified atom stereocenters. The number of carbonyl (C=O) groups is 1. The first kappa shape index (κ1) is 15.4. The minimum absolute atomic E-state index is 0.0144. The molecule has 7 heteroatoms. The van der Waals surface area contributed by atoms with Crippen LogP contribution < -0.4 is 0 Å². The largest absolute Gasteiger partial charge is 0.481 e. The van der Waals surface area contributed by atoms with Crippen molar-refractivity contribution < 1.29 is 18.3 Å². The van der Waals surface area contributed by atoms with Crippen LogP contribution in [0.4, 0.5) is 0 Å². The molecular weight excluding hydrogens is 256 g/mol. The van der Waals surface area contributed by atoms with Crippen molar-refractivity contribution in [3.63, 3.8) is 0 Å². The third-order valence-corrected chi connectivity index (χ3v) is 5.45. The Labute approximate surface area is 109 Å². The van der Waals surface area contributed by atoms with Crippen LogP contribution in [-0.4, -0.2) is 54.8 Å². The summed E-state index contributed by atoms with van der Waals surface area (Å²) in [5.41, 5.74) is 0. The fourth-order valence-corrected chi connectivity index (χ4v) is 3.51. The molecule has 1 heterocycles. The van der Waals surface area contributed by atoms with E-state index in [0.717, 1.165) is 10.7 Å². The third kappa shape index (κ3) is 3.66. The molecule has 0 bridgehead atoms. The predicted octanol–water partition coefficient (Wildman–Crippen LogP) is 0.616. The lowest BCUT2D eigenvalue weighted by Crippen LogP contribution is -2.41. The van der Waals surface area contributed by atoms with E-state index in [-0.39, 0.29) is 13.0 Å². The van der Waals surface area contributed by atoms with E-state index in [2.05, 4.69) is 13.8 Å². The summed E-state index contributed by atoms with van der Waals surface area (Å²) in [6.45, 7) is 5.27. The zero-order valence-corrected chi connectivity index (χ0v) is 12.0. The van der Waals surface area contributed by atoms with Crippen LogP contribution in [0, 0.1) is 11.8 Å². The number of aliphatic carboxylic acids is 1. The molecule has 18 heavy (non-hydrogen) atoms. The molecule has 1 saturated heterocycles. The summed E-state index contributed by atoms with van der Waals surface area (Å²) in [5, 5.41) is 8.57. The lowest BCUT2D eigenvalue weighted by molar-refractivity contribution is -0.137. The summed E-state index contributed by atoms with van der Waals surface area (Å²) < 4.78 is 26.9. The van der Waals surface area contributed by atoms with E-state index in [1.165, 1.54) is 11.4 Å². The molecule has 1 atom stereocenters. The average molecular weight is 278 g/mol. The molecule has 0 aromatic heterocycles. The van der Waals surface area contributed by atoms with E-state index >= 15 is 0 Å². The highest BCUT2D eigenvalue weighted by Crippen LogP contribution is 2.26. The molecule has 0 radical (unpaired) electrons. The Balaban J connectivity index is 2.61. The van der Waals surface area contributed by atoms with Crippen LogP contribution in [0.3, 0.4) is 0 Å². The second-order valence-corrected chi connectivity index (χ2v) is 7.16. The summed E-state index contributed by atoms with van der Waals surface area (Å²) >= 11 is 0. The van der Waals surface area contributed by atoms with Crippen LogP contribution in [0.2, 0.25) is 0 Å². The summed E-state index contributed by atoms with van der Waals surface area (Å²) in [4.78, 5) is 10.5. The van der Waals surface area contributed by atoms with Crippen LogP contribution in [0.25, 0.3) is 0 Å². The van der Waals surface area contributed by atoms with Gasteiger partial charge >= 0.3 is 5.97 Å². The van der Waals surface area contributed by atoms with Crippen LogP contribution in [0.15, 0.2) is 0 Å². The molecule has 0 aromatic rings. The van der Waals surface area contributed by atoms with Gasteiger partial charge in [0.2, 0.25) is 0 Å². The average Bonchev–Trinajstić information content (AvgIpc) is 2.75. The molecule has 0 amide bonds. The van der Waals surface area contributed by atoms with Gasteiger partial charge in [0.25, 0.3) is 10.2 Å². The molecular formula is C11H22N2O4S. The van der Waals surface area contributed by atoms with Crippen molar-refractivity contribution in [2.45, 2.75) is 26.7 Å². The van der Waals surface area contributed by atoms with Crippen LogP contribution in [-0.2, 0) is 15.0 Å². The highest BCUT2D eigenvalue weighted by atomic mass is 32.2. The van der Waals surface area contributed by atoms with Gasteiger partial charge in [-0.25, -0.2) is 0 Å². The molecule has 0 spiro atoms. The van der Waals surface area contributed by atoms with E-state index in [0.29, 0.717) is 24.9 Å². The maximum Gasteiger partial charge on any atom is 0.304 e. The number of carboxylic acid groups (broad SMARTS) is 1. The zero-order valence-electron chi connectivity index (χ0n) is 11.2. The molecule has 1 rings (SSSR count). The number of hydrogen-bond acceptors (Lipinski definition) is 3. The fourth-order valence-electron chi connectivity index (χ4n) is 2.07. The van der Waals surface area contributed by atoms with Crippen molar-refractivity contribution in [2.24, 2.45) is 11.8 Å². The summed E-state index contributed by atoms with van der Waals surface area (Å²) in [5.74, 6) is -0.124. The van der Waals surface area contributed by atoms with E-state index in [1.807, 2.05) is 0 Å². The molecule has 106 valence electrons. The van der Waals surface area contributed by atoms with Gasteiger partial charge in [-0.15, -0.1) is 0 Å². The quantitative estimate of drug-likeness (QED) is 0.772. The molecule has 1 aliphatic heterocycles. The van der Waals surface area contributed by atoms with E-state index in [4.69, 9.17) is 5.11 Å². The minimum Gasteiger partial charge on any atom is -0.481 e. The maximum absolute atomic E-state index is 12.2. The van der Waals surface area contributed by atoms with Crippen molar-refractivity contribution in [3.05, 3.63) is 0 Å². The standard InChI is InChI=1S/C11H22N2O4S/c1-9(2)10-4-7-13(8-10)18(16,17)12(3)6-5-11(14)15/h9-10H,4-8H2,1-3H3,(H,14,15). The Hall–Kier alpha value is -0.660. The first-order valence-corrected chi connectivity index (χ1v) is 7.58. The fraction of sp³-hybridized carbons (Fsp3) is 0.909. The van der Waals surface area contributed by atoms with Gasteiger partial charge in [-0.2, -0.15) is 17.0 Å². The lowest BCUT2D eigenvalue weighted by atomic mass is 9.96. The molecule has 0 saturated carbocycles. The highest BCUT2D eigenvalue weighted by molar-refractivity contribution is 7.86. The Morgan fingerprint density at radius 1 is 1.50 bits per heavy atom. The Morgan fingerprint density at radius 3 is 2.56 bits per heavy atom. The molecule has 1 N–H and O–H groups in total. The normalized spacial score (nSPS) is 21.9. The minimum atomic E-state index is -3.50. The second kappa shape index (κ2) is 5.99. The number of hydrogen-bond donors (Lipinski definition) is 1. The van der Waals surface area contributed by atoms with Gasteiger partial charge < -0.3 is 5.11 Å². The first-order chi connectivity index (χ1) is 8.25. The van der Waals surface area contributed by atoms with E-state index in [1.54, 1.807) is 0 Å². The van der Waals surface area contributed by atoms with Crippen molar-refractivity contribution in [2.75, 3.05) is 26.7 Å². The van der Waals surface area contributed by atoms with Crippen molar-refractivity contribution in [1.29, 1.82) is 0 Å².